The molecule has 0 spiro atoms. The Kier molecular flexibility index (Phi) is 4.45. The number of carbonyl (C=O) groups is 1. The van der Waals surface area contributed by atoms with Crippen molar-refractivity contribution in [1.29, 1.82) is 0 Å². The van der Waals surface area contributed by atoms with Gasteiger partial charge in [-0.25, -0.2) is 4.79 Å². The van der Waals surface area contributed by atoms with Gasteiger partial charge in [0.05, 0.1) is 12.2 Å². The van der Waals surface area contributed by atoms with Crippen molar-refractivity contribution in [3.8, 4) is 0 Å². The Hall–Kier alpha value is -1.20. The number of hydrogen-bond donors (Lipinski definition) is 2. The number of aliphatic hydroxyl groups excluding tert-OH is 1. The minimum atomic E-state index is -3.28. The van der Waals surface area contributed by atoms with Crippen LogP contribution >= 0.6 is 8.25 Å². The first-order chi connectivity index (χ1) is 7.13. The molecule has 0 bridgehead atoms. The van der Waals surface area contributed by atoms with Crippen LogP contribution in [0.5, 0.6) is 0 Å². The van der Waals surface area contributed by atoms with Crippen LogP contribution in [0.15, 0.2) is 24.3 Å². The normalized spacial score (nSPS) is 12.1. The fourth-order valence-corrected chi connectivity index (χ4v) is 1.01. The predicted octanol–water partition coefficient (Wildman–Crippen LogP) is 0.649. The number of aliphatic hydroxyl groups is 1. The molecule has 0 saturated heterocycles. The lowest BCUT2D eigenvalue weighted by Gasteiger charge is -2.01. The second-order valence-electron chi connectivity index (χ2n) is 2.58. The largest absolute Gasteiger partial charge is 0.392 e. The fraction of sp³-hybridized carbons (Fsp3) is 0.125. The van der Waals surface area contributed by atoms with Gasteiger partial charge in [0.15, 0.2) is 0 Å². The van der Waals surface area contributed by atoms with Crippen LogP contribution in [0.1, 0.15) is 15.9 Å². The van der Waals surface area contributed by atoms with Crippen molar-refractivity contribution >= 4 is 14.2 Å². The number of carbonyl (C=O) groups excluding carboxylic acids is 1. The molecule has 7 heteroatoms. The van der Waals surface area contributed by atoms with Crippen LogP contribution in [0.2, 0.25) is 0 Å². The molecule has 0 aliphatic heterocycles. The van der Waals surface area contributed by atoms with Gasteiger partial charge in [0, 0.05) is 0 Å². The van der Waals surface area contributed by atoms with Gasteiger partial charge in [0.1, 0.15) is 0 Å². The highest BCUT2D eigenvalue weighted by atomic mass is 31.1. The predicted molar refractivity (Wildman–Crippen MR) is 50.1 cm³/mol. The smallest absolute Gasteiger partial charge is 0.373 e. The third-order valence-electron chi connectivity index (χ3n) is 1.56. The standard InChI is InChI=1S/C8H9O6P/c9-5-6-1-3-7(4-2-6)8(10)13-14-15(11)12/h1-4,9,15H,5H2,(H,11,12). The summed E-state index contributed by atoms with van der Waals surface area (Å²) in [4.78, 5) is 23.4. The first-order valence-electron chi connectivity index (χ1n) is 3.95. The molecule has 0 fully saturated rings. The average Bonchev–Trinajstić information content (AvgIpc) is 2.26. The Morgan fingerprint density at radius 3 is 2.40 bits per heavy atom. The highest BCUT2D eigenvalue weighted by Crippen LogP contribution is 2.16. The molecule has 0 amide bonds. The number of rotatable bonds is 4. The van der Waals surface area contributed by atoms with Gasteiger partial charge >= 0.3 is 14.2 Å². The lowest BCUT2D eigenvalue weighted by Crippen LogP contribution is -2.03. The molecule has 0 saturated carbocycles. The minimum Gasteiger partial charge on any atom is -0.392 e. The van der Waals surface area contributed by atoms with E-state index < -0.39 is 14.2 Å². The average molecular weight is 232 g/mol. The molecule has 1 atom stereocenters. The molecule has 6 nitrogen and oxygen atoms in total. The zero-order chi connectivity index (χ0) is 11.3. The van der Waals surface area contributed by atoms with Crippen LogP contribution in [-0.4, -0.2) is 16.0 Å². The molecule has 0 radical (unpaired) electrons. The Balaban J connectivity index is 2.62. The molecule has 82 valence electrons. The summed E-state index contributed by atoms with van der Waals surface area (Å²) < 4.78 is 13.9. The molecule has 1 unspecified atom stereocenters. The number of hydrogen-bond acceptors (Lipinski definition) is 5. The lowest BCUT2D eigenvalue weighted by molar-refractivity contribution is -0.150. The Bertz CT molecular complexity index is 360. The van der Waals surface area contributed by atoms with Crippen LogP contribution < -0.4 is 0 Å². The van der Waals surface area contributed by atoms with Crippen molar-refractivity contribution in [2.24, 2.45) is 0 Å². The van der Waals surface area contributed by atoms with Gasteiger partial charge in [0.25, 0.3) is 0 Å². The molecule has 0 aromatic heterocycles. The summed E-state index contributed by atoms with van der Waals surface area (Å²) in [5.74, 6) is -0.869. The Labute approximate surface area is 85.9 Å². The Morgan fingerprint density at radius 1 is 1.33 bits per heavy atom. The molecule has 1 rings (SSSR count). The van der Waals surface area contributed by atoms with Gasteiger partial charge in [0.2, 0.25) is 0 Å². The van der Waals surface area contributed by atoms with E-state index in [0.717, 1.165) is 0 Å². The van der Waals surface area contributed by atoms with E-state index in [-0.39, 0.29) is 12.2 Å². The van der Waals surface area contributed by atoms with E-state index in [0.29, 0.717) is 5.56 Å². The van der Waals surface area contributed by atoms with Gasteiger partial charge < -0.3 is 10.00 Å². The SMILES string of the molecule is O=C(OO[PH](=O)O)c1ccc(CO)cc1. The van der Waals surface area contributed by atoms with Gasteiger partial charge in [-0.2, -0.15) is 0 Å². The summed E-state index contributed by atoms with van der Waals surface area (Å²) in [7, 11) is -3.28. The van der Waals surface area contributed by atoms with Crippen LogP contribution in [0.4, 0.5) is 0 Å². The van der Waals surface area contributed by atoms with E-state index in [1.807, 2.05) is 0 Å². The lowest BCUT2D eigenvalue weighted by atomic mass is 10.1. The second-order valence-corrected chi connectivity index (χ2v) is 3.27. The molecule has 1 aromatic rings. The topological polar surface area (TPSA) is 93.1 Å². The first kappa shape index (κ1) is 11.9. The molecule has 1 aromatic carbocycles. The van der Waals surface area contributed by atoms with E-state index in [2.05, 4.69) is 9.56 Å². The van der Waals surface area contributed by atoms with Gasteiger partial charge in [-0.1, -0.05) is 16.8 Å². The zero-order valence-corrected chi connectivity index (χ0v) is 8.54. The summed E-state index contributed by atoms with van der Waals surface area (Å²) >= 11 is 0. The first-order valence-corrected chi connectivity index (χ1v) is 5.21. The van der Waals surface area contributed by atoms with E-state index >= 15 is 0 Å². The summed E-state index contributed by atoms with van der Waals surface area (Å²) in [5.41, 5.74) is 0.804. The zero-order valence-electron chi connectivity index (χ0n) is 7.54. The maximum atomic E-state index is 11.1. The maximum Gasteiger partial charge on any atom is 0.373 e. The second kappa shape index (κ2) is 5.63. The van der Waals surface area contributed by atoms with Crippen molar-refractivity contribution in [3.05, 3.63) is 35.4 Å². The molecule has 2 N–H and O–H groups in total. The highest BCUT2D eigenvalue weighted by Gasteiger charge is 2.09. The third kappa shape index (κ3) is 3.81. The van der Waals surface area contributed by atoms with E-state index in [1.54, 1.807) is 0 Å². The monoisotopic (exact) mass is 232 g/mol. The Morgan fingerprint density at radius 2 is 1.93 bits per heavy atom. The highest BCUT2D eigenvalue weighted by molar-refractivity contribution is 7.31. The van der Waals surface area contributed by atoms with Crippen LogP contribution in [-0.2, 0) is 20.7 Å². The summed E-state index contributed by atoms with van der Waals surface area (Å²) in [5, 5.41) is 8.73. The van der Waals surface area contributed by atoms with Crippen molar-refractivity contribution in [1.82, 2.24) is 0 Å². The van der Waals surface area contributed by atoms with Crippen LogP contribution in [0.25, 0.3) is 0 Å². The molecular weight excluding hydrogens is 223 g/mol. The molecule has 0 aliphatic rings. The van der Waals surface area contributed by atoms with Gasteiger partial charge in [-0.3, -0.25) is 9.45 Å². The van der Waals surface area contributed by atoms with Crippen molar-refractivity contribution in [2.75, 3.05) is 0 Å². The van der Waals surface area contributed by atoms with Crippen LogP contribution in [0, 0.1) is 0 Å². The molecular formula is C8H9O6P. The van der Waals surface area contributed by atoms with E-state index in [9.17, 15) is 9.36 Å². The van der Waals surface area contributed by atoms with Crippen molar-refractivity contribution in [3.63, 3.8) is 0 Å². The molecule has 0 heterocycles. The van der Waals surface area contributed by atoms with E-state index in [4.69, 9.17) is 10.00 Å². The maximum absolute atomic E-state index is 11.1. The summed E-state index contributed by atoms with van der Waals surface area (Å²) in [6.45, 7) is -0.129. The van der Waals surface area contributed by atoms with Gasteiger partial charge in [-0.05, 0) is 17.7 Å². The fourth-order valence-electron chi connectivity index (χ4n) is 0.868. The number of benzene rings is 1. The summed E-state index contributed by atoms with van der Waals surface area (Å²) in [6, 6.07) is 5.87. The van der Waals surface area contributed by atoms with Crippen molar-refractivity contribution in [2.45, 2.75) is 6.61 Å². The van der Waals surface area contributed by atoms with Crippen molar-refractivity contribution < 1.29 is 28.9 Å². The van der Waals surface area contributed by atoms with E-state index in [1.165, 1.54) is 24.3 Å². The summed E-state index contributed by atoms with van der Waals surface area (Å²) in [6.07, 6.45) is 0. The molecule has 0 aliphatic carbocycles. The minimum absolute atomic E-state index is 0.129. The molecule has 15 heavy (non-hydrogen) atoms. The van der Waals surface area contributed by atoms with Gasteiger partial charge in [-0.15, -0.1) is 0 Å². The quantitative estimate of drug-likeness (QED) is 0.449. The van der Waals surface area contributed by atoms with Crippen LogP contribution in [0.3, 0.4) is 0 Å². The third-order valence-corrected chi connectivity index (χ3v) is 1.79.